The number of aromatic nitrogens is 2. The highest BCUT2D eigenvalue weighted by Crippen LogP contribution is 2.38. The Morgan fingerprint density at radius 1 is 1.00 bits per heavy atom. The van der Waals surface area contributed by atoms with Gasteiger partial charge in [-0.15, -0.1) is 0 Å². The summed E-state index contributed by atoms with van der Waals surface area (Å²) >= 11 is 0. The molecule has 11 nitrogen and oxygen atoms in total. The number of nitrogens with one attached hydrogen (secondary N) is 2. The first-order valence-electron chi connectivity index (χ1n) is 13.7. The Morgan fingerprint density at radius 3 is 2.33 bits per heavy atom. The van der Waals surface area contributed by atoms with Crippen LogP contribution in [0.5, 0.6) is 0 Å². The second-order valence-electron chi connectivity index (χ2n) is 10.7. The number of urea groups is 2. The van der Waals surface area contributed by atoms with Gasteiger partial charge in [0.25, 0.3) is 0 Å². The lowest BCUT2D eigenvalue weighted by Crippen LogP contribution is -2.59. The van der Waals surface area contributed by atoms with Crippen molar-refractivity contribution in [2.45, 2.75) is 76.4 Å². The Hall–Kier alpha value is -2.82. The maximum absolute atomic E-state index is 13.0. The fraction of sp³-hybridized carbons (Fsp3) is 0.760. The lowest BCUT2D eigenvalue weighted by Gasteiger charge is -2.45. The molecule has 4 amide bonds. The summed E-state index contributed by atoms with van der Waals surface area (Å²) in [5.41, 5.74) is 0.752. The Bertz CT molecular complexity index is 937. The molecule has 1 aromatic heterocycles. The van der Waals surface area contributed by atoms with Crippen LogP contribution in [0.3, 0.4) is 0 Å². The first-order chi connectivity index (χ1) is 17.4. The predicted octanol–water partition coefficient (Wildman–Crippen LogP) is 2.71. The fourth-order valence-corrected chi connectivity index (χ4v) is 5.96. The van der Waals surface area contributed by atoms with E-state index >= 15 is 0 Å². The zero-order valence-electron chi connectivity index (χ0n) is 21.9. The van der Waals surface area contributed by atoms with E-state index in [1.807, 2.05) is 16.8 Å². The second kappa shape index (κ2) is 10.7. The molecule has 1 saturated carbocycles. The SMILES string of the molecule is CCN1C(=O)N(C)c2cnc(NC3CCN(C(=O)NC4CCN(C)CC4)CC3)nc2N1C1CCCC1. The first kappa shape index (κ1) is 24.9. The van der Waals surface area contributed by atoms with Crippen molar-refractivity contribution in [1.29, 1.82) is 0 Å². The van der Waals surface area contributed by atoms with E-state index in [4.69, 9.17) is 4.98 Å². The number of carbonyl (C=O) groups excluding carboxylic acids is 2. The normalized spacial score (nSPS) is 22.8. The molecule has 0 aromatic carbocycles. The Kier molecular flexibility index (Phi) is 7.36. The molecule has 5 rings (SSSR count). The molecule has 4 heterocycles. The van der Waals surface area contributed by atoms with Gasteiger partial charge in [0.15, 0.2) is 5.82 Å². The van der Waals surface area contributed by atoms with Gasteiger partial charge in [-0.2, -0.15) is 4.98 Å². The van der Waals surface area contributed by atoms with Crippen molar-refractivity contribution in [3.8, 4) is 0 Å². The minimum Gasteiger partial charge on any atom is -0.351 e. The molecule has 198 valence electrons. The van der Waals surface area contributed by atoms with E-state index in [1.54, 1.807) is 18.1 Å². The number of hydrogen-bond acceptors (Lipinski definition) is 7. The van der Waals surface area contributed by atoms with Crippen LogP contribution in [0.15, 0.2) is 6.20 Å². The molecule has 2 saturated heterocycles. The zero-order valence-corrected chi connectivity index (χ0v) is 21.9. The third-order valence-corrected chi connectivity index (χ3v) is 8.23. The Labute approximate surface area is 214 Å². The Morgan fingerprint density at radius 2 is 1.67 bits per heavy atom. The van der Waals surface area contributed by atoms with Crippen LogP contribution >= 0.6 is 0 Å². The lowest BCUT2D eigenvalue weighted by molar-refractivity contribution is 0.169. The van der Waals surface area contributed by atoms with Crippen molar-refractivity contribution in [1.82, 2.24) is 30.1 Å². The summed E-state index contributed by atoms with van der Waals surface area (Å²) in [5.74, 6) is 1.39. The molecule has 36 heavy (non-hydrogen) atoms. The van der Waals surface area contributed by atoms with E-state index in [0.29, 0.717) is 12.5 Å². The second-order valence-corrected chi connectivity index (χ2v) is 10.7. The molecule has 11 heteroatoms. The zero-order chi connectivity index (χ0) is 25.2. The van der Waals surface area contributed by atoms with Gasteiger partial charge in [-0.1, -0.05) is 12.8 Å². The molecule has 0 atom stereocenters. The number of hydrogen-bond donors (Lipinski definition) is 2. The van der Waals surface area contributed by atoms with Crippen molar-refractivity contribution >= 4 is 29.5 Å². The van der Waals surface area contributed by atoms with Crippen LogP contribution in [0.1, 0.15) is 58.3 Å². The number of nitrogens with zero attached hydrogens (tertiary/aromatic N) is 7. The number of likely N-dealkylation sites (tertiary alicyclic amines) is 2. The van der Waals surface area contributed by atoms with Crippen LogP contribution in [0.25, 0.3) is 0 Å². The van der Waals surface area contributed by atoms with Gasteiger partial charge in [-0.25, -0.2) is 19.6 Å². The Balaban J connectivity index is 1.22. The maximum atomic E-state index is 13.0. The molecular weight excluding hydrogens is 458 g/mol. The van der Waals surface area contributed by atoms with E-state index in [9.17, 15) is 9.59 Å². The van der Waals surface area contributed by atoms with Gasteiger partial charge >= 0.3 is 12.1 Å². The average molecular weight is 500 g/mol. The highest BCUT2D eigenvalue weighted by atomic mass is 16.2. The van der Waals surface area contributed by atoms with E-state index in [0.717, 1.165) is 76.2 Å². The van der Waals surface area contributed by atoms with Crippen LogP contribution < -0.4 is 20.5 Å². The molecule has 0 spiro atoms. The van der Waals surface area contributed by atoms with Crippen LogP contribution in [0.2, 0.25) is 0 Å². The largest absolute Gasteiger partial charge is 0.351 e. The fourth-order valence-electron chi connectivity index (χ4n) is 5.96. The minimum atomic E-state index is -0.0351. The maximum Gasteiger partial charge on any atom is 0.343 e. The third kappa shape index (κ3) is 5.02. The molecule has 3 fully saturated rings. The monoisotopic (exact) mass is 499 g/mol. The summed E-state index contributed by atoms with van der Waals surface area (Å²) in [7, 11) is 3.92. The van der Waals surface area contributed by atoms with Crippen LogP contribution in [0.4, 0.5) is 27.0 Å². The highest BCUT2D eigenvalue weighted by Gasteiger charge is 2.39. The molecule has 2 N–H and O–H groups in total. The van der Waals surface area contributed by atoms with Gasteiger partial charge in [-0.05, 0) is 65.6 Å². The third-order valence-electron chi connectivity index (χ3n) is 8.23. The van der Waals surface area contributed by atoms with Gasteiger partial charge < -0.3 is 20.4 Å². The van der Waals surface area contributed by atoms with Crippen molar-refractivity contribution in [3.05, 3.63) is 6.20 Å². The smallest absolute Gasteiger partial charge is 0.343 e. The van der Waals surface area contributed by atoms with Crippen LogP contribution in [-0.2, 0) is 0 Å². The van der Waals surface area contributed by atoms with E-state index in [1.165, 1.54) is 12.8 Å². The van der Waals surface area contributed by atoms with Gasteiger partial charge in [0.1, 0.15) is 5.69 Å². The molecule has 0 radical (unpaired) electrons. The molecule has 4 aliphatic rings. The quantitative estimate of drug-likeness (QED) is 0.643. The van der Waals surface area contributed by atoms with Crippen molar-refractivity contribution in [3.63, 3.8) is 0 Å². The number of hydrazine groups is 1. The molecular formula is C25H41N9O2. The summed E-state index contributed by atoms with van der Waals surface area (Å²) in [4.78, 5) is 41.2. The lowest BCUT2D eigenvalue weighted by atomic mass is 10.0. The number of rotatable bonds is 5. The molecule has 0 bridgehead atoms. The highest BCUT2D eigenvalue weighted by molar-refractivity contribution is 5.98. The number of carbonyl (C=O) groups is 2. The van der Waals surface area contributed by atoms with Crippen molar-refractivity contribution in [2.24, 2.45) is 0 Å². The number of piperidine rings is 2. The standard InChI is InChI=1S/C25H41N9O2/c1-4-33-25(36)31(3)21-17-26-23(29-22(21)34(33)20-7-5-6-8-20)27-18-11-15-32(16-12-18)24(35)28-19-9-13-30(2)14-10-19/h17-20H,4-16H2,1-3H3,(H,28,35)(H,26,27,29). The van der Waals surface area contributed by atoms with E-state index in [-0.39, 0.29) is 30.2 Å². The first-order valence-corrected chi connectivity index (χ1v) is 13.7. The number of fused-ring (bicyclic) bond motifs is 1. The summed E-state index contributed by atoms with van der Waals surface area (Å²) in [5, 5.41) is 10.7. The molecule has 3 aliphatic heterocycles. The summed E-state index contributed by atoms with van der Waals surface area (Å²) < 4.78 is 0. The predicted molar refractivity (Wildman–Crippen MR) is 140 cm³/mol. The number of anilines is 3. The molecule has 1 aliphatic carbocycles. The van der Waals surface area contributed by atoms with Gasteiger partial charge in [0, 0.05) is 38.8 Å². The topological polar surface area (TPSA) is 100 Å². The minimum absolute atomic E-state index is 0.0351. The average Bonchev–Trinajstić information content (AvgIpc) is 3.42. The van der Waals surface area contributed by atoms with E-state index in [2.05, 4.69) is 32.6 Å². The van der Waals surface area contributed by atoms with Crippen LogP contribution in [-0.4, -0.2) is 102 Å². The van der Waals surface area contributed by atoms with E-state index < -0.39 is 0 Å². The van der Waals surface area contributed by atoms with Crippen molar-refractivity contribution in [2.75, 3.05) is 62.0 Å². The van der Waals surface area contributed by atoms with Gasteiger partial charge in [0.2, 0.25) is 5.95 Å². The van der Waals surface area contributed by atoms with Crippen LogP contribution in [0, 0.1) is 0 Å². The summed E-state index contributed by atoms with van der Waals surface area (Å²) in [6, 6.07) is 0.805. The number of amides is 4. The van der Waals surface area contributed by atoms with Gasteiger partial charge in [-0.3, -0.25) is 9.91 Å². The summed E-state index contributed by atoms with van der Waals surface area (Å²) in [6.07, 6.45) is 10.0. The van der Waals surface area contributed by atoms with Crippen molar-refractivity contribution < 1.29 is 9.59 Å². The van der Waals surface area contributed by atoms with Gasteiger partial charge in [0.05, 0.1) is 12.2 Å². The molecule has 1 aromatic rings. The summed E-state index contributed by atoms with van der Waals surface area (Å²) in [6.45, 7) is 6.12. The molecule has 0 unspecified atom stereocenters.